The highest BCUT2D eigenvalue weighted by atomic mass is 79.9. The fraction of sp³-hybridized carbons (Fsp3) is 0.118. The van der Waals surface area contributed by atoms with Gasteiger partial charge in [-0.3, -0.25) is 9.48 Å². The second-order valence-corrected chi connectivity index (χ2v) is 6.09. The van der Waals surface area contributed by atoms with Crippen LogP contribution in [0.2, 0.25) is 0 Å². The van der Waals surface area contributed by atoms with Crippen LogP contribution in [0.4, 0.5) is 0 Å². The van der Waals surface area contributed by atoms with E-state index < -0.39 is 0 Å². The van der Waals surface area contributed by atoms with Crippen molar-refractivity contribution in [1.82, 2.24) is 15.2 Å². The van der Waals surface area contributed by atoms with Crippen molar-refractivity contribution in [1.29, 1.82) is 0 Å². The second-order valence-electron chi connectivity index (χ2n) is 5.17. The molecule has 1 N–H and O–H groups in total. The quantitative estimate of drug-likeness (QED) is 0.539. The van der Waals surface area contributed by atoms with E-state index in [-0.39, 0.29) is 5.91 Å². The summed E-state index contributed by atoms with van der Waals surface area (Å²) in [5, 5.41) is 8.11. The maximum Gasteiger partial charge on any atom is 0.291 e. The molecule has 0 radical (unpaired) electrons. The van der Waals surface area contributed by atoms with Crippen LogP contribution in [0.15, 0.2) is 62.7 Å². The van der Waals surface area contributed by atoms with Gasteiger partial charge in [0.1, 0.15) is 11.5 Å². The molecule has 2 heterocycles. The first kappa shape index (κ1) is 16.2. The third kappa shape index (κ3) is 4.20. The van der Waals surface area contributed by atoms with Crippen molar-refractivity contribution in [2.75, 3.05) is 0 Å². The number of rotatable bonds is 5. The van der Waals surface area contributed by atoms with Crippen LogP contribution in [-0.4, -0.2) is 21.9 Å². The number of carbonyl (C=O) groups is 1. The van der Waals surface area contributed by atoms with Crippen LogP contribution in [-0.2, 0) is 6.54 Å². The molecule has 122 valence electrons. The molecule has 2 aromatic heterocycles. The van der Waals surface area contributed by atoms with Gasteiger partial charge in [-0.15, -0.1) is 0 Å². The average Bonchev–Trinajstić information content (AvgIpc) is 3.19. The molecule has 0 atom stereocenters. The zero-order chi connectivity index (χ0) is 16.9. The Hall–Kier alpha value is -2.67. The normalized spacial score (nSPS) is 11.1. The SMILES string of the molecule is Cc1ccc(/C=N\NC(=O)c2ccn(Cc3ccc(Br)cc3)n2)o1. The predicted octanol–water partition coefficient (Wildman–Crippen LogP) is 3.36. The molecule has 0 aliphatic rings. The maximum atomic E-state index is 12.0. The first-order chi connectivity index (χ1) is 11.6. The van der Waals surface area contributed by atoms with Crippen LogP contribution in [0.3, 0.4) is 0 Å². The summed E-state index contributed by atoms with van der Waals surface area (Å²) >= 11 is 3.40. The predicted molar refractivity (Wildman–Crippen MR) is 94.0 cm³/mol. The number of carbonyl (C=O) groups excluding carboxylic acids is 1. The Kier molecular flexibility index (Phi) is 4.90. The lowest BCUT2D eigenvalue weighted by molar-refractivity contribution is 0.0949. The van der Waals surface area contributed by atoms with E-state index in [1.54, 1.807) is 23.0 Å². The molecule has 24 heavy (non-hydrogen) atoms. The van der Waals surface area contributed by atoms with Gasteiger partial charge in [0.05, 0.1) is 12.8 Å². The molecule has 1 aromatic carbocycles. The summed E-state index contributed by atoms with van der Waals surface area (Å²) in [6, 6.07) is 13.2. The molecule has 7 heteroatoms. The first-order valence-corrected chi connectivity index (χ1v) is 8.07. The summed E-state index contributed by atoms with van der Waals surface area (Å²) < 4.78 is 8.06. The number of aryl methyl sites for hydroxylation is 1. The summed E-state index contributed by atoms with van der Waals surface area (Å²) in [5.74, 6) is 0.993. The van der Waals surface area contributed by atoms with E-state index in [0.717, 1.165) is 15.8 Å². The van der Waals surface area contributed by atoms with Crippen molar-refractivity contribution in [3.05, 3.63) is 75.9 Å². The van der Waals surface area contributed by atoms with Gasteiger partial charge in [0.15, 0.2) is 5.69 Å². The van der Waals surface area contributed by atoms with Crippen LogP contribution in [0.5, 0.6) is 0 Å². The number of furan rings is 1. The van der Waals surface area contributed by atoms with E-state index in [2.05, 4.69) is 31.6 Å². The minimum atomic E-state index is -0.371. The lowest BCUT2D eigenvalue weighted by Crippen LogP contribution is -2.18. The highest BCUT2D eigenvalue weighted by molar-refractivity contribution is 9.10. The van der Waals surface area contributed by atoms with Gasteiger partial charge < -0.3 is 4.42 Å². The highest BCUT2D eigenvalue weighted by Gasteiger charge is 2.08. The monoisotopic (exact) mass is 386 g/mol. The summed E-state index contributed by atoms with van der Waals surface area (Å²) in [4.78, 5) is 12.0. The molecular formula is C17H15BrN4O2. The average molecular weight is 387 g/mol. The number of halogens is 1. The number of nitrogens with zero attached hydrogens (tertiary/aromatic N) is 3. The van der Waals surface area contributed by atoms with Gasteiger partial charge >= 0.3 is 0 Å². The molecule has 0 saturated heterocycles. The molecule has 0 aliphatic carbocycles. The third-order valence-corrected chi connectivity index (χ3v) is 3.78. The van der Waals surface area contributed by atoms with Gasteiger partial charge in [0.25, 0.3) is 5.91 Å². The van der Waals surface area contributed by atoms with Crippen molar-refractivity contribution < 1.29 is 9.21 Å². The number of nitrogens with one attached hydrogen (secondary N) is 1. The molecule has 0 saturated carbocycles. The van der Waals surface area contributed by atoms with Crippen molar-refractivity contribution in [3.63, 3.8) is 0 Å². The van der Waals surface area contributed by atoms with Crippen molar-refractivity contribution >= 4 is 28.1 Å². The fourth-order valence-electron chi connectivity index (χ4n) is 2.08. The van der Waals surface area contributed by atoms with E-state index in [1.807, 2.05) is 37.3 Å². The van der Waals surface area contributed by atoms with Gasteiger partial charge in [-0.25, -0.2) is 5.43 Å². The van der Waals surface area contributed by atoms with E-state index >= 15 is 0 Å². The zero-order valence-electron chi connectivity index (χ0n) is 12.9. The first-order valence-electron chi connectivity index (χ1n) is 7.28. The molecule has 0 spiro atoms. The highest BCUT2D eigenvalue weighted by Crippen LogP contribution is 2.11. The molecule has 3 aromatic rings. The number of hydrogen-bond acceptors (Lipinski definition) is 4. The molecule has 6 nitrogen and oxygen atoms in total. The van der Waals surface area contributed by atoms with Crippen LogP contribution in [0.1, 0.15) is 27.6 Å². The molecule has 0 aliphatic heterocycles. The van der Waals surface area contributed by atoms with Crippen LogP contribution in [0.25, 0.3) is 0 Å². The summed E-state index contributed by atoms with van der Waals surface area (Å²) in [6.07, 6.45) is 3.21. The number of hydrazone groups is 1. The lowest BCUT2D eigenvalue weighted by Gasteiger charge is -2.02. The number of amides is 1. The minimum Gasteiger partial charge on any atom is -0.460 e. The van der Waals surface area contributed by atoms with Gasteiger partial charge in [-0.2, -0.15) is 10.2 Å². The van der Waals surface area contributed by atoms with Crippen LogP contribution in [0, 0.1) is 6.92 Å². The Balaban J connectivity index is 1.59. The summed E-state index contributed by atoms with van der Waals surface area (Å²) in [5.41, 5.74) is 3.83. The van der Waals surface area contributed by atoms with Crippen LogP contribution >= 0.6 is 15.9 Å². The summed E-state index contributed by atoms with van der Waals surface area (Å²) in [6.45, 7) is 2.43. The van der Waals surface area contributed by atoms with E-state index in [4.69, 9.17) is 4.42 Å². The molecule has 1 amide bonds. The zero-order valence-corrected chi connectivity index (χ0v) is 14.5. The maximum absolute atomic E-state index is 12.0. The van der Waals surface area contributed by atoms with Crippen molar-refractivity contribution in [2.45, 2.75) is 13.5 Å². The van der Waals surface area contributed by atoms with E-state index in [9.17, 15) is 4.79 Å². The van der Waals surface area contributed by atoms with Gasteiger partial charge in [-0.1, -0.05) is 28.1 Å². The Morgan fingerprint density at radius 1 is 1.29 bits per heavy atom. The van der Waals surface area contributed by atoms with E-state index in [0.29, 0.717) is 18.0 Å². The Bertz CT molecular complexity index is 865. The van der Waals surface area contributed by atoms with Crippen LogP contribution < -0.4 is 5.43 Å². The largest absolute Gasteiger partial charge is 0.460 e. The van der Waals surface area contributed by atoms with E-state index in [1.165, 1.54) is 6.21 Å². The Morgan fingerprint density at radius 2 is 2.08 bits per heavy atom. The second kappa shape index (κ2) is 7.27. The molecule has 0 unspecified atom stereocenters. The van der Waals surface area contributed by atoms with Crippen molar-refractivity contribution in [3.8, 4) is 0 Å². The number of benzene rings is 1. The molecule has 3 rings (SSSR count). The topological polar surface area (TPSA) is 72.4 Å². The molecule has 0 fully saturated rings. The molecule has 0 bridgehead atoms. The summed E-state index contributed by atoms with van der Waals surface area (Å²) in [7, 11) is 0. The Morgan fingerprint density at radius 3 is 2.79 bits per heavy atom. The minimum absolute atomic E-state index is 0.305. The van der Waals surface area contributed by atoms with Gasteiger partial charge in [0.2, 0.25) is 0 Å². The van der Waals surface area contributed by atoms with Gasteiger partial charge in [0, 0.05) is 10.7 Å². The van der Waals surface area contributed by atoms with Crippen molar-refractivity contribution in [2.24, 2.45) is 5.10 Å². The third-order valence-electron chi connectivity index (χ3n) is 3.25. The lowest BCUT2D eigenvalue weighted by atomic mass is 10.2. The molecular weight excluding hydrogens is 372 g/mol. The number of aromatic nitrogens is 2. The number of hydrogen-bond donors (Lipinski definition) is 1. The standard InChI is InChI=1S/C17H15BrN4O2/c1-12-2-7-15(24-12)10-19-20-17(23)16-8-9-22(21-16)11-13-3-5-14(18)6-4-13/h2-10H,11H2,1H3,(H,20,23)/b19-10-. The Labute approximate surface area is 147 Å². The van der Waals surface area contributed by atoms with Gasteiger partial charge in [-0.05, 0) is 42.8 Å². The smallest absolute Gasteiger partial charge is 0.291 e. The fourth-order valence-corrected chi connectivity index (χ4v) is 2.35.